The van der Waals surface area contributed by atoms with Crippen molar-refractivity contribution in [2.45, 2.75) is 33.8 Å². The standard InChI is InChI=1S/C21H25NO7S/c1-6-27-20(24)16-12(3)17(21(25)28-7-2)30-19(16)22-18(23)13(4)29-15-10-8-14(26-5)9-11-15/h8-11,13H,6-7H2,1-5H3,(H,22,23)/t13-/m1/s1. The molecule has 1 heterocycles. The van der Waals surface area contributed by atoms with Crippen molar-refractivity contribution in [1.29, 1.82) is 0 Å². The first-order valence-corrected chi connectivity index (χ1v) is 10.2. The minimum atomic E-state index is -0.859. The SMILES string of the molecule is CCOC(=O)c1sc(NC(=O)[C@@H](C)Oc2ccc(OC)cc2)c(C(=O)OCC)c1C. The van der Waals surface area contributed by atoms with E-state index in [0.717, 1.165) is 11.3 Å². The van der Waals surface area contributed by atoms with Gasteiger partial charge in [-0.15, -0.1) is 11.3 Å². The van der Waals surface area contributed by atoms with Crippen molar-refractivity contribution in [1.82, 2.24) is 0 Å². The van der Waals surface area contributed by atoms with E-state index in [9.17, 15) is 14.4 Å². The Hall–Kier alpha value is -3.07. The Balaban J connectivity index is 2.23. The molecule has 1 atom stereocenters. The number of anilines is 1. The van der Waals surface area contributed by atoms with Gasteiger partial charge in [-0.05, 0) is 57.5 Å². The van der Waals surface area contributed by atoms with E-state index < -0.39 is 23.9 Å². The molecule has 0 bridgehead atoms. The first-order valence-electron chi connectivity index (χ1n) is 9.41. The van der Waals surface area contributed by atoms with Crippen LogP contribution in [0.1, 0.15) is 46.4 Å². The fraction of sp³-hybridized carbons (Fsp3) is 0.381. The van der Waals surface area contributed by atoms with Crippen molar-refractivity contribution in [3.63, 3.8) is 0 Å². The zero-order valence-corrected chi connectivity index (χ0v) is 18.4. The van der Waals surface area contributed by atoms with Crippen LogP contribution in [0.2, 0.25) is 0 Å². The monoisotopic (exact) mass is 435 g/mol. The molecule has 30 heavy (non-hydrogen) atoms. The van der Waals surface area contributed by atoms with Crippen LogP contribution in [-0.2, 0) is 14.3 Å². The minimum Gasteiger partial charge on any atom is -0.497 e. The Labute approximate surface area is 179 Å². The van der Waals surface area contributed by atoms with Gasteiger partial charge in [0.2, 0.25) is 0 Å². The quantitative estimate of drug-likeness (QED) is 0.598. The Morgan fingerprint density at radius 1 is 1.00 bits per heavy atom. The molecule has 2 rings (SSSR count). The number of methoxy groups -OCH3 is 1. The summed E-state index contributed by atoms with van der Waals surface area (Å²) in [6, 6.07) is 6.79. The molecule has 0 radical (unpaired) electrons. The Kier molecular flexibility index (Phi) is 8.23. The molecule has 1 N–H and O–H groups in total. The van der Waals surface area contributed by atoms with E-state index >= 15 is 0 Å². The average Bonchev–Trinajstić information content (AvgIpc) is 3.04. The summed E-state index contributed by atoms with van der Waals surface area (Å²) in [5.74, 6) is -0.514. The van der Waals surface area contributed by atoms with Gasteiger partial charge in [0, 0.05) is 0 Å². The van der Waals surface area contributed by atoms with Crippen molar-refractivity contribution in [3.8, 4) is 11.5 Å². The third-order valence-corrected chi connectivity index (χ3v) is 5.25. The third kappa shape index (κ3) is 5.50. The zero-order valence-electron chi connectivity index (χ0n) is 17.6. The smallest absolute Gasteiger partial charge is 0.348 e. The molecule has 2 aromatic rings. The van der Waals surface area contributed by atoms with Gasteiger partial charge in [0.05, 0.1) is 25.9 Å². The molecule has 0 aliphatic rings. The third-order valence-electron chi connectivity index (χ3n) is 4.07. The summed E-state index contributed by atoms with van der Waals surface area (Å²) >= 11 is 0.966. The number of carbonyl (C=O) groups excluding carboxylic acids is 3. The molecule has 0 unspecified atom stereocenters. The van der Waals surface area contributed by atoms with Crippen molar-refractivity contribution >= 4 is 34.2 Å². The van der Waals surface area contributed by atoms with Gasteiger partial charge in [-0.25, -0.2) is 9.59 Å². The second-order valence-corrected chi connectivity index (χ2v) is 7.15. The van der Waals surface area contributed by atoms with Crippen LogP contribution in [0.15, 0.2) is 24.3 Å². The normalized spacial score (nSPS) is 11.4. The molecule has 9 heteroatoms. The molecule has 1 amide bonds. The largest absolute Gasteiger partial charge is 0.497 e. The van der Waals surface area contributed by atoms with E-state index in [1.807, 2.05) is 0 Å². The molecule has 0 spiro atoms. The van der Waals surface area contributed by atoms with Crippen LogP contribution in [0, 0.1) is 6.92 Å². The molecule has 162 valence electrons. The lowest BCUT2D eigenvalue weighted by Gasteiger charge is -2.15. The fourth-order valence-electron chi connectivity index (χ4n) is 2.57. The number of amides is 1. The van der Waals surface area contributed by atoms with E-state index in [4.69, 9.17) is 18.9 Å². The van der Waals surface area contributed by atoms with E-state index in [1.165, 1.54) is 0 Å². The molecule has 0 saturated heterocycles. The van der Waals surface area contributed by atoms with Crippen LogP contribution in [0.25, 0.3) is 0 Å². The fourth-order valence-corrected chi connectivity index (χ4v) is 3.66. The van der Waals surface area contributed by atoms with Gasteiger partial charge in [-0.3, -0.25) is 4.79 Å². The molecule has 8 nitrogen and oxygen atoms in total. The first kappa shape index (κ1) is 23.2. The lowest BCUT2D eigenvalue weighted by atomic mass is 10.1. The van der Waals surface area contributed by atoms with Crippen molar-refractivity contribution < 1.29 is 33.3 Å². The summed E-state index contributed by atoms with van der Waals surface area (Å²) in [4.78, 5) is 37.5. The zero-order chi connectivity index (χ0) is 22.3. The molecular formula is C21H25NO7S. The lowest BCUT2D eigenvalue weighted by Crippen LogP contribution is -2.30. The summed E-state index contributed by atoms with van der Waals surface area (Å²) < 4.78 is 20.9. The van der Waals surface area contributed by atoms with E-state index in [-0.39, 0.29) is 28.7 Å². The van der Waals surface area contributed by atoms with Crippen LogP contribution in [0.3, 0.4) is 0 Å². The van der Waals surface area contributed by atoms with Gasteiger partial charge in [0.1, 0.15) is 21.4 Å². The van der Waals surface area contributed by atoms with Crippen molar-refractivity contribution in [2.24, 2.45) is 0 Å². The highest BCUT2D eigenvalue weighted by molar-refractivity contribution is 7.18. The van der Waals surface area contributed by atoms with Gasteiger partial charge in [0.25, 0.3) is 5.91 Å². The van der Waals surface area contributed by atoms with Gasteiger partial charge in [0.15, 0.2) is 6.10 Å². The number of esters is 2. The van der Waals surface area contributed by atoms with E-state index in [0.29, 0.717) is 17.1 Å². The first-order chi connectivity index (χ1) is 14.3. The van der Waals surface area contributed by atoms with Crippen LogP contribution < -0.4 is 14.8 Å². The summed E-state index contributed by atoms with van der Waals surface area (Å²) in [6.07, 6.45) is -0.859. The van der Waals surface area contributed by atoms with Gasteiger partial charge in [-0.1, -0.05) is 0 Å². The highest BCUT2D eigenvalue weighted by Gasteiger charge is 2.28. The summed E-state index contributed by atoms with van der Waals surface area (Å²) in [6.45, 7) is 6.91. The predicted molar refractivity (Wildman–Crippen MR) is 113 cm³/mol. The molecule has 1 aromatic heterocycles. The number of hydrogen-bond donors (Lipinski definition) is 1. The van der Waals surface area contributed by atoms with Crippen LogP contribution in [0.5, 0.6) is 11.5 Å². The number of benzene rings is 1. The van der Waals surface area contributed by atoms with Crippen molar-refractivity contribution in [3.05, 3.63) is 40.3 Å². The number of ether oxygens (including phenoxy) is 4. The molecule has 0 aliphatic heterocycles. The predicted octanol–water partition coefficient (Wildman–Crippen LogP) is 3.82. The van der Waals surface area contributed by atoms with Crippen LogP contribution in [0.4, 0.5) is 5.00 Å². The highest BCUT2D eigenvalue weighted by Crippen LogP contribution is 2.34. The number of rotatable bonds is 9. The van der Waals surface area contributed by atoms with Crippen LogP contribution >= 0.6 is 11.3 Å². The maximum atomic E-state index is 12.7. The average molecular weight is 435 g/mol. The molecular weight excluding hydrogens is 410 g/mol. The number of nitrogens with one attached hydrogen (secondary N) is 1. The van der Waals surface area contributed by atoms with Gasteiger partial charge >= 0.3 is 11.9 Å². The van der Waals surface area contributed by atoms with E-state index in [2.05, 4.69) is 5.32 Å². The topological polar surface area (TPSA) is 100 Å². The van der Waals surface area contributed by atoms with Gasteiger partial charge < -0.3 is 24.3 Å². The second-order valence-electron chi connectivity index (χ2n) is 6.13. The minimum absolute atomic E-state index is 0.134. The number of hydrogen-bond acceptors (Lipinski definition) is 8. The lowest BCUT2D eigenvalue weighted by molar-refractivity contribution is -0.122. The maximum absolute atomic E-state index is 12.7. The summed E-state index contributed by atoms with van der Waals surface area (Å²) in [5, 5.41) is 2.88. The van der Waals surface area contributed by atoms with Crippen LogP contribution in [-0.4, -0.2) is 44.3 Å². The maximum Gasteiger partial charge on any atom is 0.348 e. The van der Waals surface area contributed by atoms with Gasteiger partial charge in [-0.2, -0.15) is 0 Å². The van der Waals surface area contributed by atoms with E-state index in [1.54, 1.807) is 59.1 Å². The Bertz CT molecular complexity index is 905. The number of thiophene rings is 1. The second kappa shape index (κ2) is 10.6. The van der Waals surface area contributed by atoms with Crippen molar-refractivity contribution in [2.75, 3.05) is 25.6 Å². The summed E-state index contributed by atoms with van der Waals surface area (Å²) in [7, 11) is 1.56. The summed E-state index contributed by atoms with van der Waals surface area (Å²) in [5.41, 5.74) is 0.533. The molecule has 0 saturated carbocycles. The Morgan fingerprint density at radius 3 is 2.13 bits per heavy atom. The molecule has 1 aromatic carbocycles. The highest BCUT2D eigenvalue weighted by atomic mass is 32.1. The number of carbonyl (C=O) groups is 3. The molecule has 0 aliphatic carbocycles. The Morgan fingerprint density at radius 2 is 1.57 bits per heavy atom. The molecule has 0 fully saturated rings.